The van der Waals surface area contributed by atoms with Gasteiger partial charge in [-0.3, -0.25) is 4.79 Å². The first kappa shape index (κ1) is 14.3. The summed E-state index contributed by atoms with van der Waals surface area (Å²) in [6.07, 6.45) is 5.27. The van der Waals surface area contributed by atoms with Crippen LogP contribution in [0.3, 0.4) is 0 Å². The molecule has 1 aromatic carbocycles. The van der Waals surface area contributed by atoms with Gasteiger partial charge in [0.2, 0.25) is 0 Å². The molecule has 0 aromatic heterocycles. The zero-order valence-electron chi connectivity index (χ0n) is 12.5. The fraction of sp³-hybridized carbons (Fsp3) is 0.611. The molecule has 0 radical (unpaired) electrons. The predicted molar refractivity (Wildman–Crippen MR) is 80.1 cm³/mol. The number of ketones is 1. The molecule has 0 amide bonds. The quantitative estimate of drug-likeness (QED) is 0.768. The number of hydrogen-bond donors (Lipinski definition) is 0. The van der Waals surface area contributed by atoms with Crippen molar-refractivity contribution in [2.45, 2.75) is 52.9 Å². The highest BCUT2D eigenvalue weighted by molar-refractivity contribution is 5.82. The van der Waals surface area contributed by atoms with Gasteiger partial charge in [0.1, 0.15) is 5.78 Å². The van der Waals surface area contributed by atoms with Crippen LogP contribution in [0.25, 0.3) is 0 Å². The van der Waals surface area contributed by atoms with Gasteiger partial charge in [0, 0.05) is 12.3 Å². The predicted octanol–water partition coefficient (Wildman–Crippen LogP) is 4.65. The van der Waals surface area contributed by atoms with Gasteiger partial charge in [0.15, 0.2) is 0 Å². The van der Waals surface area contributed by atoms with Gasteiger partial charge in [0.05, 0.1) is 0 Å². The van der Waals surface area contributed by atoms with E-state index in [2.05, 4.69) is 51.1 Å². The Morgan fingerprint density at radius 2 is 1.84 bits per heavy atom. The van der Waals surface area contributed by atoms with Crippen LogP contribution < -0.4 is 0 Å². The second kappa shape index (κ2) is 5.90. The molecule has 0 N–H and O–H groups in total. The molecule has 0 bridgehead atoms. The van der Waals surface area contributed by atoms with Crippen LogP contribution in [-0.4, -0.2) is 5.78 Å². The first-order chi connectivity index (χ1) is 8.99. The third-order valence-corrected chi connectivity index (χ3v) is 4.73. The van der Waals surface area contributed by atoms with E-state index in [-0.39, 0.29) is 11.3 Å². The van der Waals surface area contributed by atoms with Crippen LogP contribution in [0.2, 0.25) is 0 Å². The summed E-state index contributed by atoms with van der Waals surface area (Å²) in [6.45, 7) is 6.74. The van der Waals surface area contributed by atoms with E-state index < -0.39 is 0 Å². The fourth-order valence-electron chi connectivity index (χ4n) is 3.31. The van der Waals surface area contributed by atoms with Gasteiger partial charge in [-0.15, -0.1) is 0 Å². The summed E-state index contributed by atoms with van der Waals surface area (Å²) < 4.78 is 0. The molecule has 1 aliphatic carbocycles. The number of Topliss-reactive ketones (excluding diaryl/α,β-unsaturated/α-hetero) is 1. The molecule has 0 heterocycles. The molecule has 1 aromatic rings. The Hall–Kier alpha value is -1.11. The number of carbonyl (C=O) groups excluding carboxylic acids is 1. The van der Waals surface area contributed by atoms with Crippen molar-refractivity contribution in [2.75, 3.05) is 0 Å². The second-order valence-electron chi connectivity index (χ2n) is 6.88. The van der Waals surface area contributed by atoms with Crippen LogP contribution in [0, 0.1) is 17.3 Å². The summed E-state index contributed by atoms with van der Waals surface area (Å²) in [6, 6.07) is 10.6. The lowest BCUT2D eigenvalue weighted by Gasteiger charge is -2.37. The highest BCUT2D eigenvalue weighted by Crippen LogP contribution is 2.40. The van der Waals surface area contributed by atoms with Gasteiger partial charge in [0.25, 0.3) is 0 Å². The molecule has 0 saturated heterocycles. The average molecular weight is 258 g/mol. The van der Waals surface area contributed by atoms with E-state index >= 15 is 0 Å². The lowest BCUT2D eigenvalue weighted by molar-refractivity contribution is -0.130. The van der Waals surface area contributed by atoms with Crippen LogP contribution in [0.1, 0.15) is 52.0 Å². The Balaban J connectivity index is 1.96. The van der Waals surface area contributed by atoms with Crippen molar-refractivity contribution in [3.8, 4) is 0 Å². The van der Waals surface area contributed by atoms with Gasteiger partial charge in [-0.05, 0) is 42.6 Å². The Labute approximate surface area is 117 Å². The lowest BCUT2D eigenvalue weighted by Crippen LogP contribution is -2.35. The number of carbonyl (C=O) groups is 1. The maximum absolute atomic E-state index is 12.3. The minimum Gasteiger partial charge on any atom is -0.299 e. The molecule has 19 heavy (non-hydrogen) atoms. The van der Waals surface area contributed by atoms with E-state index in [0.29, 0.717) is 11.7 Å². The third-order valence-electron chi connectivity index (χ3n) is 4.73. The van der Waals surface area contributed by atoms with Crippen LogP contribution in [0.5, 0.6) is 0 Å². The molecule has 0 unspecified atom stereocenters. The van der Waals surface area contributed by atoms with Crippen molar-refractivity contribution in [1.82, 2.24) is 0 Å². The van der Waals surface area contributed by atoms with Crippen molar-refractivity contribution >= 4 is 5.78 Å². The van der Waals surface area contributed by atoms with Gasteiger partial charge >= 0.3 is 0 Å². The lowest BCUT2D eigenvalue weighted by atomic mass is 9.66. The molecule has 2 rings (SSSR count). The molecular formula is C18H26O. The second-order valence-corrected chi connectivity index (χ2v) is 6.88. The molecule has 104 valence electrons. The van der Waals surface area contributed by atoms with E-state index in [0.717, 1.165) is 25.7 Å². The van der Waals surface area contributed by atoms with Crippen LogP contribution in [0.15, 0.2) is 30.3 Å². The molecular weight excluding hydrogens is 232 g/mol. The van der Waals surface area contributed by atoms with Gasteiger partial charge in [-0.25, -0.2) is 0 Å². The summed E-state index contributed by atoms with van der Waals surface area (Å²) in [5.74, 6) is 1.36. The monoisotopic (exact) mass is 258 g/mol. The topological polar surface area (TPSA) is 17.1 Å². The zero-order chi connectivity index (χ0) is 13.9. The normalized spacial score (nSPS) is 24.5. The van der Waals surface area contributed by atoms with Crippen molar-refractivity contribution < 1.29 is 4.79 Å². The summed E-state index contributed by atoms with van der Waals surface area (Å²) in [5.41, 5.74) is 1.51. The van der Waals surface area contributed by atoms with Crippen LogP contribution >= 0.6 is 0 Å². The maximum Gasteiger partial charge on any atom is 0.136 e. The molecule has 1 nitrogen and oxygen atoms in total. The molecule has 0 spiro atoms. The molecule has 1 fully saturated rings. The van der Waals surface area contributed by atoms with E-state index in [4.69, 9.17) is 0 Å². The highest BCUT2D eigenvalue weighted by atomic mass is 16.1. The van der Waals surface area contributed by atoms with Crippen molar-refractivity contribution in [3.63, 3.8) is 0 Å². The summed E-state index contributed by atoms with van der Waals surface area (Å²) >= 11 is 0. The van der Waals surface area contributed by atoms with Crippen molar-refractivity contribution in [3.05, 3.63) is 35.9 Å². The summed E-state index contributed by atoms with van der Waals surface area (Å²) in [7, 11) is 0. The Morgan fingerprint density at radius 1 is 1.16 bits per heavy atom. The van der Waals surface area contributed by atoms with Crippen molar-refractivity contribution in [2.24, 2.45) is 17.3 Å². The SMILES string of the molecule is C[C@@H]1CC[C@H](C(C)(C)CCc2ccccc2)C(=O)C1. The Kier molecular flexibility index (Phi) is 4.44. The largest absolute Gasteiger partial charge is 0.299 e. The van der Waals surface area contributed by atoms with E-state index in [1.165, 1.54) is 12.0 Å². The minimum absolute atomic E-state index is 0.132. The number of rotatable bonds is 4. The van der Waals surface area contributed by atoms with E-state index in [9.17, 15) is 4.79 Å². The maximum atomic E-state index is 12.3. The highest BCUT2D eigenvalue weighted by Gasteiger charge is 2.37. The number of benzene rings is 1. The molecule has 0 aliphatic heterocycles. The molecule has 1 aliphatic rings. The standard InChI is InChI=1S/C18H26O/c1-14-9-10-16(17(19)13-14)18(2,3)12-11-15-7-5-4-6-8-15/h4-8,14,16H,9-13H2,1-3H3/t14-,16+/m1/s1. The van der Waals surface area contributed by atoms with E-state index in [1.807, 2.05) is 0 Å². The van der Waals surface area contributed by atoms with Crippen LogP contribution in [-0.2, 0) is 11.2 Å². The number of hydrogen-bond acceptors (Lipinski definition) is 1. The minimum atomic E-state index is 0.132. The Bertz CT molecular complexity index is 419. The van der Waals surface area contributed by atoms with Crippen molar-refractivity contribution in [1.29, 1.82) is 0 Å². The first-order valence-corrected chi connectivity index (χ1v) is 7.55. The molecule has 2 atom stereocenters. The van der Waals surface area contributed by atoms with Crippen LogP contribution in [0.4, 0.5) is 0 Å². The van der Waals surface area contributed by atoms with Gasteiger partial charge < -0.3 is 0 Å². The average Bonchev–Trinajstić information content (AvgIpc) is 2.37. The molecule has 1 saturated carbocycles. The first-order valence-electron chi connectivity index (χ1n) is 7.55. The van der Waals surface area contributed by atoms with Gasteiger partial charge in [-0.1, -0.05) is 51.1 Å². The third kappa shape index (κ3) is 3.68. The molecule has 1 heteroatoms. The fourth-order valence-corrected chi connectivity index (χ4v) is 3.31. The van der Waals surface area contributed by atoms with Gasteiger partial charge in [-0.2, -0.15) is 0 Å². The Morgan fingerprint density at radius 3 is 2.47 bits per heavy atom. The smallest absolute Gasteiger partial charge is 0.136 e. The van der Waals surface area contributed by atoms with E-state index in [1.54, 1.807) is 0 Å². The summed E-state index contributed by atoms with van der Waals surface area (Å²) in [4.78, 5) is 12.3. The zero-order valence-corrected chi connectivity index (χ0v) is 12.5. The number of aryl methyl sites for hydroxylation is 1. The summed E-state index contributed by atoms with van der Waals surface area (Å²) in [5, 5.41) is 0.